The van der Waals surface area contributed by atoms with E-state index in [1.807, 2.05) is 48.7 Å². The predicted octanol–water partition coefficient (Wildman–Crippen LogP) is 10.7. The summed E-state index contributed by atoms with van der Waals surface area (Å²) in [6.07, 6.45) is 3.71. The van der Waals surface area contributed by atoms with Gasteiger partial charge in [0.15, 0.2) is 23.1 Å². The van der Waals surface area contributed by atoms with Gasteiger partial charge in [0.2, 0.25) is 0 Å². The van der Waals surface area contributed by atoms with Gasteiger partial charge >= 0.3 is 0 Å². The number of hydrogen-bond acceptors (Lipinski definition) is 5. The number of fused-ring (bicyclic) bond motifs is 4. The van der Waals surface area contributed by atoms with Crippen LogP contribution in [0.2, 0.25) is 0 Å². The lowest BCUT2D eigenvalue weighted by Crippen LogP contribution is -2.00. The van der Waals surface area contributed by atoms with E-state index in [1.54, 1.807) is 6.20 Å². The van der Waals surface area contributed by atoms with Gasteiger partial charge in [0.05, 0.1) is 6.20 Å². The van der Waals surface area contributed by atoms with Crippen LogP contribution >= 0.6 is 0 Å². The monoisotopic (exact) mass is 602 g/mol. The summed E-state index contributed by atoms with van der Waals surface area (Å²) in [6.45, 7) is 0. The molecule has 5 heteroatoms. The average molecular weight is 603 g/mol. The maximum atomic E-state index is 6.27. The lowest BCUT2D eigenvalue weighted by molar-refractivity contribution is 0.667. The van der Waals surface area contributed by atoms with Gasteiger partial charge in [-0.3, -0.25) is 4.98 Å². The van der Waals surface area contributed by atoms with Crippen molar-refractivity contribution in [2.75, 3.05) is 0 Å². The maximum absolute atomic E-state index is 6.27. The molecule has 0 amide bonds. The first-order chi connectivity index (χ1) is 23.3. The summed E-state index contributed by atoms with van der Waals surface area (Å²) in [6, 6.07) is 49.8. The third kappa shape index (κ3) is 4.91. The summed E-state index contributed by atoms with van der Waals surface area (Å²) < 4.78 is 6.27. The zero-order chi connectivity index (χ0) is 31.2. The second kappa shape index (κ2) is 11.2. The molecule has 0 unspecified atom stereocenters. The van der Waals surface area contributed by atoms with E-state index < -0.39 is 0 Å². The van der Waals surface area contributed by atoms with Gasteiger partial charge in [-0.15, -0.1) is 0 Å². The molecule has 9 rings (SSSR count). The third-order valence-electron chi connectivity index (χ3n) is 8.62. The number of nitrogens with zero attached hydrogens (tertiary/aromatic N) is 4. The zero-order valence-corrected chi connectivity index (χ0v) is 25.2. The molecule has 5 nitrogen and oxygen atoms in total. The highest BCUT2D eigenvalue weighted by Gasteiger charge is 2.16. The fraction of sp³-hybridized carbons (Fsp3) is 0. The molecule has 0 bridgehead atoms. The Morgan fingerprint density at radius 3 is 1.47 bits per heavy atom. The Morgan fingerprint density at radius 2 is 0.851 bits per heavy atom. The van der Waals surface area contributed by atoms with E-state index in [1.165, 1.54) is 10.9 Å². The van der Waals surface area contributed by atoms with Crippen LogP contribution < -0.4 is 0 Å². The Hall–Kier alpha value is -6.46. The molecule has 220 valence electrons. The highest BCUT2D eigenvalue weighted by atomic mass is 16.3. The molecule has 0 N–H and O–H groups in total. The fourth-order valence-electron chi connectivity index (χ4n) is 6.22. The normalized spacial score (nSPS) is 11.4. The summed E-state index contributed by atoms with van der Waals surface area (Å²) in [4.78, 5) is 19.3. The van der Waals surface area contributed by atoms with E-state index in [4.69, 9.17) is 19.4 Å². The summed E-state index contributed by atoms with van der Waals surface area (Å²) in [7, 11) is 0. The van der Waals surface area contributed by atoms with E-state index >= 15 is 0 Å². The van der Waals surface area contributed by atoms with E-state index in [0.29, 0.717) is 17.5 Å². The molecule has 0 aliphatic carbocycles. The van der Waals surface area contributed by atoms with Crippen molar-refractivity contribution in [1.82, 2.24) is 19.9 Å². The van der Waals surface area contributed by atoms with Gasteiger partial charge in [0.1, 0.15) is 5.58 Å². The van der Waals surface area contributed by atoms with Crippen molar-refractivity contribution in [3.63, 3.8) is 0 Å². The van der Waals surface area contributed by atoms with Crippen LogP contribution in [0.3, 0.4) is 0 Å². The second-order valence-electron chi connectivity index (χ2n) is 11.6. The Morgan fingerprint density at radius 1 is 0.383 bits per heavy atom. The molecule has 3 heterocycles. The topological polar surface area (TPSA) is 64.7 Å². The van der Waals surface area contributed by atoms with Crippen molar-refractivity contribution in [3.8, 4) is 56.4 Å². The lowest BCUT2D eigenvalue weighted by atomic mass is 9.99. The molecule has 47 heavy (non-hydrogen) atoms. The Labute approximate surface area is 270 Å². The van der Waals surface area contributed by atoms with Crippen LogP contribution in [0.4, 0.5) is 0 Å². The highest BCUT2D eigenvalue weighted by molar-refractivity contribution is 6.15. The molecule has 0 spiro atoms. The zero-order valence-electron chi connectivity index (χ0n) is 25.2. The molecule has 3 aromatic heterocycles. The number of rotatable bonds is 5. The van der Waals surface area contributed by atoms with Gasteiger partial charge < -0.3 is 4.42 Å². The minimum atomic E-state index is 0.615. The molecule has 0 aliphatic heterocycles. The van der Waals surface area contributed by atoms with E-state index in [0.717, 1.165) is 60.7 Å². The molecule has 0 saturated heterocycles. The number of aromatic nitrogens is 4. The molecule has 0 atom stereocenters. The van der Waals surface area contributed by atoms with Crippen molar-refractivity contribution in [2.24, 2.45) is 0 Å². The standard InChI is InChI=1S/C42H26N4O/c1-3-9-27(10-4-1)28-15-19-31(20-16-28)41-44-40(30-11-5-2-6-12-30)45-42(46-41)32-21-17-29(18-22-32)36-25-43-26-38-39(36)35-23-33-13-7-8-14-34(33)24-37(35)47-38/h1-26H. The molecular formula is C42H26N4O. The molecular weight excluding hydrogens is 576 g/mol. The van der Waals surface area contributed by atoms with Crippen molar-refractivity contribution >= 4 is 32.7 Å². The maximum Gasteiger partial charge on any atom is 0.164 e. The quantitative estimate of drug-likeness (QED) is 0.196. The van der Waals surface area contributed by atoms with Gasteiger partial charge in [-0.2, -0.15) is 0 Å². The van der Waals surface area contributed by atoms with Gasteiger partial charge in [-0.25, -0.2) is 15.0 Å². The summed E-state index contributed by atoms with van der Waals surface area (Å²) in [5, 5.41) is 4.46. The number of pyridine rings is 1. The predicted molar refractivity (Wildman–Crippen MR) is 190 cm³/mol. The average Bonchev–Trinajstić information content (AvgIpc) is 3.52. The van der Waals surface area contributed by atoms with Gasteiger partial charge in [0, 0.05) is 39.2 Å². The van der Waals surface area contributed by atoms with Crippen LogP contribution in [0.25, 0.3) is 89.1 Å². The largest absolute Gasteiger partial charge is 0.454 e. The number of benzene rings is 6. The smallest absolute Gasteiger partial charge is 0.164 e. The van der Waals surface area contributed by atoms with Crippen molar-refractivity contribution < 1.29 is 4.42 Å². The van der Waals surface area contributed by atoms with Crippen LogP contribution in [0.15, 0.2) is 162 Å². The van der Waals surface area contributed by atoms with Crippen LogP contribution in [-0.2, 0) is 0 Å². The van der Waals surface area contributed by atoms with Crippen LogP contribution in [0.1, 0.15) is 0 Å². The van der Waals surface area contributed by atoms with E-state index in [-0.39, 0.29) is 0 Å². The Bertz CT molecular complexity index is 2540. The van der Waals surface area contributed by atoms with Crippen molar-refractivity contribution in [1.29, 1.82) is 0 Å². The summed E-state index contributed by atoms with van der Waals surface area (Å²) in [5.41, 5.74) is 8.76. The van der Waals surface area contributed by atoms with Crippen LogP contribution in [0, 0.1) is 0 Å². The SMILES string of the molecule is c1ccc(-c2ccc(-c3nc(-c4ccccc4)nc(-c4ccc(-c5cncc6oc7cc8ccccc8cc7c56)cc4)n3)cc2)cc1. The van der Waals surface area contributed by atoms with Gasteiger partial charge in [-0.1, -0.05) is 133 Å². The van der Waals surface area contributed by atoms with E-state index in [2.05, 4.69) is 108 Å². The minimum absolute atomic E-state index is 0.615. The van der Waals surface area contributed by atoms with Gasteiger partial charge in [0.25, 0.3) is 0 Å². The summed E-state index contributed by atoms with van der Waals surface area (Å²) in [5.74, 6) is 1.88. The first-order valence-corrected chi connectivity index (χ1v) is 15.5. The Kier molecular flexibility index (Phi) is 6.39. The fourth-order valence-corrected chi connectivity index (χ4v) is 6.22. The molecule has 6 aromatic carbocycles. The molecule has 0 radical (unpaired) electrons. The molecule has 0 aliphatic rings. The van der Waals surface area contributed by atoms with E-state index in [9.17, 15) is 0 Å². The first kappa shape index (κ1) is 26.9. The summed E-state index contributed by atoms with van der Waals surface area (Å²) >= 11 is 0. The van der Waals surface area contributed by atoms with Crippen LogP contribution in [-0.4, -0.2) is 19.9 Å². The van der Waals surface area contributed by atoms with Crippen LogP contribution in [0.5, 0.6) is 0 Å². The van der Waals surface area contributed by atoms with Gasteiger partial charge in [-0.05, 0) is 39.6 Å². The molecule has 0 saturated carbocycles. The Balaban J connectivity index is 1.13. The van der Waals surface area contributed by atoms with Crippen molar-refractivity contribution in [2.45, 2.75) is 0 Å². The lowest BCUT2D eigenvalue weighted by Gasteiger charge is -2.10. The minimum Gasteiger partial charge on any atom is -0.454 e. The third-order valence-corrected chi connectivity index (χ3v) is 8.62. The second-order valence-corrected chi connectivity index (χ2v) is 11.6. The number of hydrogen-bond donors (Lipinski definition) is 0. The first-order valence-electron chi connectivity index (χ1n) is 15.5. The van der Waals surface area contributed by atoms with Crippen molar-refractivity contribution in [3.05, 3.63) is 158 Å². The number of furan rings is 1. The highest BCUT2D eigenvalue weighted by Crippen LogP contribution is 2.38. The molecule has 9 aromatic rings. The molecule has 0 fully saturated rings.